The summed E-state index contributed by atoms with van der Waals surface area (Å²) in [5, 5.41) is 9.96. The van der Waals surface area contributed by atoms with Crippen molar-refractivity contribution in [1.29, 1.82) is 0 Å². The average molecular weight is 314 g/mol. The largest absolute Gasteiger partial charge is 0.477 e. The molecule has 110 valence electrons. The van der Waals surface area contributed by atoms with Crippen LogP contribution in [0.4, 0.5) is 4.39 Å². The van der Waals surface area contributed by atoms with Crippen LogP contribution in [0.25, 0.3) is 10.6 Å². The number of halogens is 1. The summed E-state index contributed by atoms with van der Waals surface area (Å²) in [4.78, 5) is 20.0. The lowest BCUT2D eigenvalue weighted by molar-refractivity contribution is 0.0701. The third-order valence-electron chi connectivity index (χ3n) is 3.08. The summed E-state index contributed by atoms with van der Waals surface area (Å²) in [7, 11) is 0. The van der Waals surface area contributed by atoms with Gasteiger partial charge in [0.2, 0.25) is 0 Å². The lowest BCUT2D eigenvalue weighted by Gasteiger charge is -1.99. The Balaban J connectivity index is 1.97. The van der Waals surface area contributed by atoms with E-state index in [1.165, 1.54) is 12.1 Å². The molecule has 4 nitrogen and oxygen atoms in total. The summed E-state index contributed by atoms with van der Waals surface area (Å²) in [5.41, 5.74) is 2.07. The number of aromatic carboxylic acids is 1. The Morgan fingerprint density at radius 1 is 1.23 bits per heavy atom. The van der Waals surface area contributed by atoms with Crippen LogP contribution in [-0.4, -0.2) is 21.0 Å². The fourth-order valence-electron chi connectivity index (χ4n) is 2.05. The summed E-state index contributed by atoms with van der Waals surface area (Å²) in [6, 6.07) is 9.57. The molecule has 0 fully saturated rings. The first-order chi connectivity index (χ1) is 10.6. The van der Waals surface area contributed by atoms with Gasteiger partial charge in [-0.25, -0.2) is 14.2 Å². The van der Waals surface area contributed by atoms with Gasteiger partial charge in [0.25, 0.3) is 0 Å². The number of thiazole rings is 1. The lowest BCUT2D eigenvalue weighted by atomic mass is 10.1. The number of rotatable bonds is 4. The molecule has 6 heteroatoms. The molecule has 0 spiro atoms. The second-order valence-electron chi connectivity index (χ2n) is 4.64. The molecule has 0 radical (unpaired) electrons. The van der Waals surface area contributed by atoms with Crippen molar-refractivity contribution >= 4 is 17.3 Å². The maximum absolute atomic E-state index is 12.9. The Hall–Kier alpha value is -2.60. The van der Waals surface area contributed by atoms with Gasteiger partial charge in [-0.1, -0.05) is 12.1 Å². The molecule has 0 saturated heterocycles. The van der Waals surface area contributed by atoms with E-state index in [-0.39, 0.29) is 10.7 Å². The van der Waals surface area contributed by atoms with Crippen molar-refractivity contribution < 1.29 is 14.3 Å². The van der Waals surface area contributed by atoms with Crippen LogP contribution >= 0.6 is 11.3 Å². The maximum Gasteiger partial charge on any atom is 0.347 e. The quantitative estimate of drug-likeness (QED) is 0.798. The van der Waals surface area contributed by atoms with Gasteiger partial charge >= 0.3 is 5.97 Å². The van der Waals surface area contributed by atoms with E-state index < -0.39 is 5.97 Å². The minimum atomic E-state index is -1.01. The molecular weight excluding hydrogens is 303 g/mol. The monoisotopic (exact) mass is 314 g/mol. The molecule has 0 saturated carbocycles. The molecule has 2 heterocycles. The molecule has 0 aliphatic rings. The van der Waals surface area contributed by atoms with Crippen LogP contribution in [-0.2, 0) is 6.42 Å². The fraction of sp³-hybridized carbons (Fsp3) is 0.0625. The maximum atomic E-state index is 12.9. The molecule has 3 rings (SSSR count). The van der Waals surface area contributed by atoms with Crippen molar-refractivity contribution in [2.75, 3.05) is 0 Å². The Labute approximate surface area is 129 Å². The number of carboxylic acid groups (broad SMARTS) is 1. The molecule has 0 bridgehead atoms. The van der Waals surface area contributed by atoms with E-state index in [0.717, 1.165) is 22.5 Å². The highest BCUT2D eigenvalue weighted by Gasteiger charge is 2.18. The standard InChI is InChI=1S/C16H11FN2O2S/c17-12-5-3-10(4-6-12)8-13-14(16(20)21)22-15(19-13)11-2-1-7-18-9-11/h1-7,9H,8H2,(H,20,21). The highest BCUT2D eigenvalue weighted by molar-refractivity contribution is 7.17. The number of hydrogen-bond acceptors (Lipinski definition) is 4. The van der Waals surface area contributed by atoms with Crippen LogP contribution in [0.3, 0.4) is 0 Å². The van der Waals surface area contributed by atoms with Crippen LogP contribution in [0.2, 0.25) is 0 Å². The number of carboxylic acids is 1. The second-order valence-corrected chi connectivity index (χ2v) is 5.64. The van der Waals surface area contributed by atoms with Gasteiger partial charge in [-0.05, 0) is 29.8 Å². The molecule has 22 heavy (non-hydrogen) atoms. The van der Waals surface area contributed by atoms with Crippen molar-refractivity contribution in [2.24, 2.45) is 0 Å². The summed E-state index contributed by atoms with van der Waals surface area (Å²) in [5.74, 6) is -1.33. The summed E-state index contributed by atoms with van der Waals surface area (Å²) in [6.07, 6.45) is 3.64. The molecule has 1 aromatic carbocycles. The number of carbonyl (C=O) groups is 1. The smallest absolute Gasteiger partial charge is 0.347 e. The minimum absolute atomic E-state index is 0.197. The predicted octanol–water partition coefficient (Wildman–Crippen LogP) is 3.63. The highest BCUT2D eigenvalue weighted by Crippen LogP contribution is 2.29. The third-order valence-corrected chi connectivity index (χ3v) is 4.22. The third kappa shape index (κ3) is 3.01. The van der Waals surface area contributed by atoms with Gasteiger partial charge in [0.15, 0.2) is 0 Å². The predicted molar refractivity (Wildman–Crippen MR) is 81.5 cm³/mol. The number of benzene rings is 1. The zero-order chi connectivity index (χ0) is 15.5. The molecule has 0 amide bonds. The zero-order valence-electron chi connectivity index (χ0n) is 11.4. The molecule has 0 unspecified atom stereocenters. The number of hydrogen-bond donors (Lipinski definition) is 1. The van der Waals surface area contributed by atoms with E-state index in [4.69, 9.17) is 0 Å². The van der Waals surface area contributed by atoms with Crippen molar-refractivity contribution in [1.82, 2.24) is 9.97 Å². The van der Waals surface area contributed by atoms with Gasteiger partial charge in [-0.3, -0.25) is 4.98 Å². The topological polar surface area (TPSA) is 63.1 Å². The lowest BCUT2D eigenvalue weighted by Crippen LogP contribution is -2.00. The van der Waals surface area contributed by atoms with Crippen molar-refractivity contribution in [3.05, 3.63) is 70.7 Å². The van der Waals surface area contributed by atoms with E-state index in [1.54, 1.807) is 30.6 Å². The highest BCUT2D eigenvalue weighted by atomic mass is 32.1. The summed E-state index contributed by atoms with van der Waals surface area (Å²) in [6.45, 7) is 0. The van der Waals surface area contributed by atoms with E-state index in [1.807, 2.05) is 6.07 Å². The summed E-state index contributed by atoms with van der Waals surface area (Å²) < 4.78 is 12.9. The average Bonchev–Trinajstić information content (AvgIpc) is 2.95. The van der Waals surface area contributed by atoms with Crippen molar-refractivity contribution in [3.63, 3.8) is 0 Å². The normalized spacial score (nSPS) is 10.6. The van der Waals surface area contributed by atoms with E-state index >= 15 is 0 Å². The first-order valence-electron chi connectivity index (χ1n) is 6.51. The SMILES string of the molecule is O=C(O)c1sc(-c2cccnc2)nc1Cc1ccc(F)cc1. The Morgan fingerprint density at radius 2 is 2.00 bits per heavy atom. The van der Waals surface area contributed by atoms with E-state index in [9.17, 15) is 14.3 Å². The minimum Gasteiger partial charge on any atom is -0.477 e. The molecule has 0 aliphatic heterocycles. The number of aromatic nitrogens is 2. The van der Waals surface area contributed by atoms with Crippen LogP contribution in [0.1, 0.15) is 20.9 Å². The first kappa shape index (κ1) is 14.3. The van der Waals surface area contributed by atoms with Crippen LogP contribution in [0, 0.1) is 5.82 Å². The molecule has 1 N–H and O–H groups in total. The molecular formula is C16H11FN2O2S. The zero-order valence-corrected chi connectivity index (χ0v) is 12.2. The number of nitrogens with zero attached hydrogens (tertiary/aromatic N) is 2. The van der Waals surface area contributed by atoms with Crippen molar-refractivity contribution in [2.45, 2.75) is 6.42 Å². The second kappa shape index (κ2) is 6.03. The Morgan fingerprint density at radius 3 is 2.64 bits per heavy atom. The molecule has 0 aliphatic carbocycles. The molecule has 0 atom stereocenters. The molecule has 2 aromatic heterocycles. The van der Waals surface area contributed by atoms with Gasteiger partial charge in [-0.15, -0.1) is 11.3 Å². The summed E-state index contributed by atoms with van der Waals surface area (Å²) >= 11 is 1.12. The van der Waals surface area contributed by atoms with Gasteiger partial charge < -0.3 is 5.11 Å². The van der Waals surface area contributed by atoms with Crippen LogP contribution in [0.15, 0.2) is 48.8 Å². The Bertz CT molecular complexity index is 801. The van der Waals surface area contributed by atoms with Crippen molar-refractivity contribution in [3.8, 4) is 10.6 Å². The first-order valence-corrected chi connectivity index (χ1v) is 7.33. The van der Waals surface area contributed by atoms with E-state index in [2.05, 4.69) is 9.97 Å². The van der Waals surface area contributed by atoms with Crippen LogP contribution < -0.4 is 0 Å². The Kier molecular flexibility index (Phi) is 3.93. The van der Waals surface area contributed by atoms with Crippen LogP contribution in [0.5, 0.6) is 0 Å². The van der Waals surface area contributed by atoms with Gasteiger partial charge in [0.05, 0.1) is 5.69 Å². The van der Waals surface area contributed by atoms with Gasteiger partial charge in [0.1, 0.15) is 15.7 Å². The number of pyridine rings is 1. The van der Waals surface area contributed by atoms with Gasteiger partial charge in [0, 0.05) is 24.4 Å². The van der Waals surface area contributed by atoms with E-state index in [0.29, 0.717) is 17.1 Å². The van der Waals surface area contributed by atoms with Gasteiger partial charge in [-0.2, -0.15) is 0 Å². The molecule has 3 aromatic rings. The fourth-order valence-corrected chi connectivity index (χ4v) is 2.96.